The van der Waals surface area contributed by atoms with Crippen molar-refractivity contribution < 1.29 is 14.8 Å². The molecule has 2 amide bonds. The second-order valence-corrected chi connectivity index (χ2v) is 4.16. The molecule has 0 saturated carbocycles. The number of amides is 2. The van der Waals surface area contributed by atoms with E-state index >= 15 is 0 Å². The zero-order valence-electron chi connectivity index (χ0n) is 10.2. The van der Waals surface area contributed by atoms with Crippen molar-refractivity contribution in [2.24, 2.45) is 0 Å². The number of benzene rings is 1. The topological polar surface area (TPSA) is 78.4 Å². The van der Waals surface area contributed by atoms with Crippen molar-refractivity contribution in [3.63, 3.8) is 0 Å². The second kappa shape index (κ2) is 5.84. The molecule has 1 rings (SSSR count). The maximum Gasteiger partial charge on any atom is 0.274 e. The summed E-state index contributed by atoms with van der Waals surface area (Å²) in [7, 11) is 0. The highest BCUT2D eigenvalue weighted by Gasteiger charge is 2.11. The van der Waals surface area contributed by atoms with E-state index < -0.39 is 11.4 Å². The Morgan fingerprint density at radius 2 is 1.94 bits per heavy atom. The van der Waals surface area contributed by atoms with Crippen LogP contribution in [0, 0.1) is 11.8 Å². The van der Waals surface area contributed by atoms with E-state index in [0.717, 1.165) is 0 Å². The molecule has 0 spiro atoms. The molecule has 1 aromatic rings. The van der Waals surface area contributed by atoms with Gasteiger partial charge in [-0.25, -0.2) is 5.48 Å². The molecule has 18 heavy (non-hydrogen) atoms. The molecule has 0 unspecified atom stereocenters. The zero-order valence-corrected chi connectivity index (χ0v) is 10.2. The zero-order chi connectivity index (χ0) is 13.6. The fraction of sp³-hybridized carbons (Fsp3) is 0.231. The van der Waals surface area contributed by atoms with E-state index in [2.05, 4.69) is 17.2 Å². The number of nitrogens with one attached hydrogen (secondary N) is 2. The molecule has 0 radical (unpaired) electrons. The van der Waals surface area contributed by atoms with Crippen LogP contribution in [-0.2, 0) is 4.79 Å². The van der Waals surface area contributed by atoms with Crippen LogP contribution in [0.3, 0.4) is 0 Å². The third-order valence-corrected chi connectivity index (χ3v) is 2.19. The number of rotatable bonds is 3. The smallest absolute Gasteiger partial charge is 0.274 e. The van der Waals surface area contributed by atoms with Gasteiger partial charge < -0.3 is 5.32 Å². The maximum absolute atomic E-state index is 11.1. The van der Waals surface area contributed by atoms with Crippen molar-refractivity contribution in [2.45, 2.75) is 19.4 Å². The average molecular weight is 246 g/mol. The first kappa shape index (κ1) is 13.7. The van der Waals surface area contributed by atoms with Crippen LogP contribution in [0.2, 0.25) is 0 Å². The van der Waals surface area contributed by atoms with Gasteiger partial charge in [-0.15, -0.1) is 0 Å². The molecule has 0 aliphatic rings. The van der Waals surface area contributed by atoms with E-state index in [0.29, 0.717) is 17.5 Å². The summed E-state index contributed by atoms with van der Waals surface area (Å²) in [5, 5.41) is 11.0. The molecule has 94 valence electrons. The largest absolute Gasteiger partial charge is 0.343 e. The Morgan fingerprint density at radius 3 is 2.44 bits per heavy atom. The fourth-order valence-electron chi connectivity index (χ4n) is 1.18. The van der Waals surface area contributed by atoms with Gasteiger partial charge in [-0.3, -0.25) is 14.8 Å². The van der Waals surface area contributed by atoms with Crippen molar-refractivity contribution in [1.82, 2.24) is 10.8 Å². The highest BCUT2D eigenvalue weighted by atomic mass is 16.5. The van der Waals surface area contributed by atoms with Crippen LogP contribution < -0.4 is 10.8 Å². The van der Waals surface area contributed by atoms with E-state index in [1.54, 1.807) is 43.6 Å². The summed E-state index contributed by atoms with van der Waals surface area (Å²) in [5.74, 6) is 5.21. The van der Waals surface area contributed by atoms with Gasteiger partial charge in [-0.2, -0.15) is 0 Å². The minimum atomic E-state index is -0.608. The minimum absolute atomic E-state index is 0.341. The van der Waals surface area contributed by atoms with Crippen molar-refractivity contribution in [1.29, 1.82) is 0 Å². The summed E-state index contributed by atoms with van der Waals surface area (Å²) in [6, 6.07) is 6.43. The molecule has 3 N–H and O–H groups in total. The van der Waals surface area contributed by atoms with Crippen LogP contribution in [0.1, 0.15) is 29.8 Å². The quantitative estimate of drug-likeness (QED) is 0.317. The molecule has 0 bridgehead atoms. The van der Waals surface area contributed by atoms with E-state index in [4.69, 9.17) is 5.21 Å². The average Bonchev–Trinajstić information content (AvgIpc) is 2.36. The Bertz CT molecular complexity index is 495. The van der Waals surface area contributed by atoms with Crippen molar-refractivity contribution in [2.75, 3.05) is 0 Å². The van der Waals surface area contributed by atoms with Gasteiger partial charge in [0.15, 0.2) is 0 Å². The Labute approximate surface area is 105 Å². The summed E-state index contributed by atoms with van der Waals surface area (Å²) in [6.07, 6.45) is 0.601. The molecule has 5 heteroatoms. The summed E-state index contributed by atoms with van der Waals surface area (Å²) in [6.45, 7) is 3.56. The normalized spacial score (nSPS) is 9.94. The number of carbonyl (C=O) groups is 2. The summed E-state index contributed by atoms with van der Waals surface area (Å²) < 4.78 is 0. The van der Waals surface area contributed by atoms with Gasteiger partial charge in [0.1, 0.15) is 0 Å². The predicted molar refractivity (Wildman–Crippen MR) is 65.9 cm³/mol. The Balaban J connectivity index is 2.84. The van der Waals surface area contributed by atoms with Gasteiger partial charge in [-0.1, -0.05) is 11.8 Å². The standard InChI is InChI=1S/C13H14N2O3/c1-13(2,14-9-16)8-7-10-3-5-11(6-4-10)12(17)15-18/h3-6,9,18H,1-2H3,(H,14,16)(H,15,17). The number of carbonyl (C=O) groups excluding carboxylic acids is 2. The molecular formula is C13H14N2O3. The van der Waals surface area contributed by atoms with Crippen molar-refractivity contribution in [3.05, 3.63) is 35.4 Å². The molecule has 0 atom stereocenters. The lowest BCUT2D eigenvalue weighted by molar-refractivity contribution is -0.110. The SMILES string of the molecule is CC(C)(C#Cc1ccc(C(=O)NO)cc1)NC=O. The second-order valence-electron chi connectivity index (χ2n) is 4.16. The maximum atomic E-state index is 11.1. The molecule has 0 aliphatic carbocycles. The predicted octanol–water partition coefficient (Wildman–Crippen LogP) is 0.682. The molecule has 0 saturated heterocycles. The molecule has 0 aliphatic heterocycles. The van der Waals surface area contributed by atoms with Gasteiger partial charge >= 0.3 is 0 Å². The van der Waals surface area contributed by atoms with Crippen LogP contribution in [0.25, 0.3) is 0 Å². The molecule has 0 fully saturated rings. The van der Waals surface area contributed by atoms with Gasteiger partial charge in [0.2, 0.25) is 6.41 Å². The van der Waals surface area contributed by atoms with Crippen LogP contribution in [-0.4, -0.2) is 23.1 Å². The third kappa shape index (κ3) is 3.92. The van der Waals surface area contributed by atoms with E-state index in [1.807, 2.05) is 0 Å². The van der Waals surface area contributed by atoms with Crippen LogP contribution >= 0.6 is 0 Å². The number of hydrogen-bond acceptors (Lipinski definition) is 3. The number of hydroxylamine groups is 1. The van der Waals surface area contributed by atoms with Crippen molar-refractivity contribution >= 4 is 12.3 Å². The first-order valence-corrected chi connectivity index (χ1v) is 5.27. The summed E-state index contributed by atoms with van der Waals surface area (Å²) >= 11 is 0. The van der Waals surface area contributed by atoms with Crippen molar-refractivity contribution in [3.8, 4) is 11.8 Å². The van der Waals surface area contributed by atoms with Gasteiger partial charge in [-0.05, 0) is 38.1 Å². The summed E-state index contributed by atoms with van der Waals surface area (Å²) in [4.78, 5) is 21.4. The monoisotopic (exact) mass is 246 g/mol. The Kier molecular flexibility index (Phi) is 4.46. The van der Waals surface area contributed by atoms with E-state index in [9.17, 15) is 9.59 Å². The number of hydrogen-bond donors (Lipinski definition) is 3. The van der Waals surface area contributed by atoms with Crippen LogP contribution in [0.5, 0.6) is 0 Å². The molecule has 0 aromatic heterocycles. The summed E-state index contributed by atoms with van der Waals surface area (Å²) in [5.41, 5.74) is 2.00. The first-order chi connectivity index (χ1) is 8.48. The molecule has 0 heterocycles. The van der Waals surface area contributed by atoms with Crippen LogP contribution in [0.4, 0.5) is 0 Å². The minimum Gasteiger partial charge on any atom is -0.343 e. The van der Waals surface area contributed by atoms with Gasteiger partial charge in [0.25, 0.3) is 5.91 Å². The third-order valence-electron chi connectivity index (χ3n) is 2.19. The van der Waals surface area contributed by atoms with E-state index in [1.165, 1.54) is 0 Å². The lowest BCUT2D eigenvalue weighted by Crippen LogP contribution is -2.36. The lowest BCUT2D eigenvalue weighted by atomic mass is 10.1. The highest BCUT2D eigenvalue weighted by Crippen LogP contribution is 2.04. The van der Waals surface area contributed by atoms with Gasteiger partial charge in [0, 0.05) is 11.1 Å². The first-order valence-electron chi connectivity index (χ1n) is 5.27. The Hall–Kier alpha value is -2.32. The fourth-order valence-corrected chi connectivity index (χ4v) is 1.18. The lowest BCUT2D eigenvalue weighted by Gasteiger charge is -2.15. The molecular weight excluding hydrogens is 232 g/mol. The molecule has 5 nitrogen and oxygen atoms in total. The molecule has 1 aromatic carbocycles. The van der Waals surface area contributed by atoms with Crippen LogP contribution in [0.15, 0.2) is 24.3 Å². The van der Waals surface area contributed by atoms with Gasteiger partial charge in [0.05, 0.1) is 5.54 Å². The Morgan fingerprint density at radius 1 is 1.33 bits per heavy atom. The van der Waals surface area contributed by atoms with E-state index in [-0.39, 0.29) is 0 Å². The highest BCUT2D eigenvalue weighted by molar-refractivity contribution is 5.93.